The highest BCUT2D eigenvalue weighted by Crippen LogP contribution is 2.38. The number of amides is 1. The topological polar surface area (TPSA) is 88.2 Å². The Morgan fingerprint density at radius 1 is 1.12 bits per heavy atom. The van der Waals surface area contributed by atoms with Crippen LogP contribution in [0.1, 0.15) is 24.0 Å². The van der Waals surface area contributed by atoms with Crippen LogP contribution in [0.15, 0.2) is 67.0 Å². The van der Waals surface area contributed by atoms with Gasteiger partial charge >= 0.3 is 0 Å². The summed E-state index contributed by atoms with van der Waals surface area (Å²) in [6, 6.07) is 17.8. The number of anilines is 2. The molecule has 1 aliphatic rings. The van der Waals surface area contributed by atoms with Crippen molar-refractivity contribution in [3.05, 3.63) is 89.0 Å². The van der Waals surface area contributed by atoms with E-state index in [1.165, 1.54) is 18.5 Å². The smallest absolute Gasteiger partial charge is 0.224 e. The van der Waals surface area contributed by atoms with Gasteiger partial charge in [-0.15, -0.1) is 23.7 Å². The first-order valence-electron chi connectivity index (χ1n) is 13.6. The number of hydrogen-bond donors (Lipinski definition) is 3. The molecule has 1 unspecified atom stereocenters. The molecule has 0 bridgehead atoms. The third-order valence-electron chi connectivity index (χ3n) is 7.16. The number of aromatic nitrogens is 2. The molecule has 3 heterocycles. The van der Waals surface area contributed by atoms with Crippen LogP contribution in [0.2, 0.25) is 5.02 Å². The van der Waals surface area contributed by atoms with Gasteiger partial charge in [0.05, 0.1) is 16.8 Å². The van der Waals surface area contributed by atoms with Gasteiger partial charge in [-0.3, -0.25) is 4.79 Å². The molecule has 1 atom stereocenters. The standard InChI is InChI=1S/C31H29ClFN5O2S.ClH/c32-25-14-23(7-9-26(25)40-17-20-3-1-5-22(33)11-20)38-30-29-24-8-6-19(12-27(24)41-31(29)37-18-36-30)13-28(39)35-16-21-4-2-10-34-15-21;/h1,3,5-9,11-12,14,18,21,34H,2,4,10,13,15-17H2,(H,35,39)(H,36,37,38);1H. The maximum atomic E-state index is 13.5. The number of nitrogens with zero attached hydrogens (tertiary/aromatic N) is 2. The number of piperidine rings is 1. The molecule has 0 radical (unpaired) electrons. The number of carbonyl (C=O) groups excluding carboxylic acids is 1. The molecule has 3 N–H and O–H groups in total. The van der Waals surface area contributed by atoms with Crippen molar-refractivity contribution in [3.8, 4) is 5.75 Å². The van der Waals surface area contributed by atoms with E-state index in [4.69, 9.17) is 16.3 Å². The monoisotopic (exact) mass is 625 g/mol. The lowest BCUT2D eigenvalue weighted by Crippen LogP contribution is -2.38. The number of thiophene rings is 1. The first-order valence-corrected chi connectivity index (χ1v) is 14.8. The summed E-state index contributed by atoms with van der Waals surface area (Å²) in [6.07, 6.45) is 4.19. The molecule has 1 fully saturated rings. The van der Waals surface area contributed by atoms with E-state index in [0.717, 1.165) is 63.0 Å². The Morgan fingerprint density at radius 3 is 2.83 bits per heavy atom. The van der Waals surface area contributed by atoms with E-state index < -0.39 is 0 Å². The molecule has 7 nitrogen and oxygen atoms in total. The van der Waals surface area contributed by atoms with Gasteiger partial charge in [-0.2, -0.15) is 0 Å². The maximum absolute atomic E-state index is 13.5. The van der Waals surface area contributed by atoms with Crippen LogP contribution < -0.4 is 20.7 Å². The van der Waals surface area contributed by atoms with Crippen LogP contribution >= 0.6 is 35.3 Å². The lowest BCUT2D eigenvalue weighted by molar-refractivity contribution is -0.120. The fraction of sp³-hybridized carbons (Fsp3) is 0.258. The van der Waals surface area contributed by atoms with Crippen molar-refractivity contribution in [2.45, 2.75) is 25.9 Å². The zero-order valence-corrected chi connectivity index (χ0v) is 25.1. The van der Waals surface area contributed by atoms with Crippen molar-refractivity contribution in [1.82, 2.24) is 20.6 Å². The van der Waals surface area contributed by atoms with E-state index in [9.17, 15) is 9.18 Å². The molecule has 2 aromatic heterocycles. The predicted octanol–water partition coefficient (Wildman–Crippen LogP) is 7.04. The Morgan fingerprint density at radius 2 is 2.02 bits per heavy atom. The van der Waals surface area contributed by atoms with E-state index in [0.29, 0.717) is 35.5 Å². The van der Waals surface area contributed by atoms with E-state index in [1.54, 1.807) is 35.6 Å². The van der Waals surface area contributed by atoms with Crippen LogP contribution in [0.3, 0.4) is 0 Å². The molecule has 0 spiro atoms. The summed E-state index contributed by atoms with van der Waals surface area (Å²) in [5, 5.41) is 12.2. The van der Waals surface area contributed by atoms with Crippen molar-refractivity contribution >= 4 is 73.1 Å². The van der Waals surface area contributed by atoms with Crippen molar-refractivity contribution in [1.29, 1.82) is 0 Å². The lowest BCUT2D eigenvalue weighted by atomic mass is 9.99. The molecular weight excluding hydrogens is 596 g/mol. The van der Waals surface area contributed by atoms with Crippen molar-refractivity contribution in [2.75, 3.05) is 25.0 Å². The second kappa shape index (κ2) is 13.6. The Labute approximate surface area is 258 Å². The average Bonchev–Trinajstić information content (AvgIpc) is 3.35. The van der Waals surface area contributed by atoms with E-state index >= 15 is 0 Å². The molecule has 11 heteroatoms. The van der Waals surface area contributed by atoms with Gasteiger partial charge in [0.2, 0.25) is 5.91 Å². The SMILES string of the molecule is Cl.O=C(Cc1ccc2c(c1)sc1ncnc(Nc3ccc(OCc4cccc(F)c4)c(Cl)c3)c12)NCC1CCCNC1. The molecule has 1 aliphatic heterocycles. The summed E-state index contributed by atoms with van der Waals surface area (Å²) < 4.78 is 20.3. The number of halogens is 3. The van der Waals surface area contributed by atoms with Crippen LogP contribution in [-0.4, -0.2) is 35.5 Å². The molecule has 0 saturated carbocycles. The van der Waals surface area contributed by atoms with Crippen LogP contribution in [0.4, 0.5) is 15.9 Å². The third-order valence-corrected chi connectivity index (χ3v) is 8.52. The van der Waals surface area contributed by atoms with Crippen molar-refractivity contribution in [3.63, 3.8) is 0 Å². The minimum atomic E-state index is -0.307. The van der Waals surface area contributed by atoms with E-state index in [2.05, 4.69) is 32.0 Å². The number of fused-ring (bicyclic) bond motifs is 3. The average molecular weight is 627 g/mol. The van der Waals surface area contributed by atoms with Crippen LogP contribution in [0, 0.1) is 11.7 Å². The summed E-state index contributed by atoms with van der Waals surface area (Å²) in [4.78, 5) is 22.5. The molecule has 1 saturated heterocycles. The van der Waals surface area contributed by atoms with Gasteiger partial charge in [-0.05, 0) is 79.4 Å². The van der Waals surface area contributed by atoms with Crippen LogP contribution in [0.25, 0.3) is 20.3 Å². The molecule has 3 aromatic carbocycles. The highest BCUT2D eigenvalue weighted by atomic mass is 35.5. The van der Waals surface area contributed by atoms with Gasteiger partial charge in [0, 0.05) is 22.3 Å². The fourth-order valence-corrected chi connectivity index (χ4v) is 6.42. The fourth-order valence-electron chi connectivity index (χ4n) is 5.08. The first-order chi connectivity index (χ1) is 20.0. The van der Waals surface area contributed by atoms with Crippen LogP contribution in [0.5, 0.6) is 5.75 Å². The van der Waals surface area contributed by atoms with E-state index in [-0.39, 0.29) is 30.7 Å². The molecule has 6 rings (SSSR count). The van der Waals surface area contributed by atoms with Crippen LogP contribution in [-0.2, 0) is 17.8 Å². The van der Waals surface area contributed by atoms with Gasteiger partial charge in [0.25, 0.3) is 0 Å². The molecule has 42 heavy (non-hydrogen) atoms. The number of hydrogen-bond acceptors (Lipinski definition) is 7. The van der Waals surface area contributed by atoms with Gasteiger partial charge < -0.3 is 20.7 Å². The Balaban J connectivity index is 0.00000353. The molecule has 218 valence electrons. The summed E-state index contributed by atoms with van der Waals surface area (Å²) in [7, 11) is 0. The Bertz CT molecular complexity index is 1710. The number of benzene rings is 3. The number of carbonyl (C=O) groups is 1. The summed E-state index contributed by atoms with van der Waals surface area (Å²) in [5.74, 6) is 1.40. The zero-order chi connectivity index (χ0) is 28.2. The Hall–Kier alpha value is -3.50. The van der Waals surface area contributed by atoms with Gasteiger partial charge in [-0.25, -0.2) is 14.4 Å². The normalized spacial score (nSPS) is 14.9. The minimum absolute atomic E-state index is 0. The Kier molecular flexibility index (Phi) is 9.74. The van der Waals surface area contributed by atoms with Crippen molar-refractivity contribution < 1.29 is 13.9 Å². The maximum Gasteiger partial charge on any atom is 0.224 e. The first kappa shape index (κ1) is 30.0. The predicted molar refractivity (Wildman–Crippen MR) is 170 cm³/mol. The second-order valence-electron chi connectivity index (χ2n) is 10.2. The summed E-state index contributed by atoms with van der Waals surface area (Å²) in [5.41, 5.74) is 2.43. The number of ether oxygens (including phenoxy) is 1. The highest BCUT2D eigenvalue weighted by Gasteiger charge is 2.16. The largest absolute Gasteiger partial charge is 0.487 e. The van der Waals surface area contributed by atoms with Crippen molar-refractivity contribution in [2.24, 2.45) is 5.92 Å². The summed E-state index contributed by atoms with van der Waals surface area (Å²) >= 11 is 8.08. The molecule has 0 aliphatic carbocycles. The number of nitrogens with one attached hydrogen (secondary N) is 3. The zero-order valence-electron chi connectivity index (χ0n) is 22.7. The van der Waals surface area contributed by atoms with Gasteiger partial charge in [0.1, 0.15) is 35.1 Å². The molecule has 1 amide bonds. The lowest BCUT2D eigenvalue weighted by Gasteiger charge is -2.22. The highest BCUT2D eigenvalue weighted by molar-refractivity contribution is 7.25. The minimum Gasteiger partial charge on any atom is -0.487 e. The molecular formula is C31H30Cl2FN5O2S. The van der Waals surface area contributed by atoms with Gasteiger partial charge in [0.15, 0.2) is 0 Å². The quantitative estimate of drug-likeness (QED) is 0.163. The van der Waals surface area contributed by atoms with E-state index in [1.807, 2.05) is 18.2 Å². The van der Waals surface area contributed by atoms with Gasteiger partial charge in [-0.1, -0.05) is 35.9 Å². The third kappa shape index (κ3) is 7.10. The second-order valence-corrected chi connectivity index (χ2v) is 11.7. The number of rotatable bonds is 9. The molecule has 5 aromatic rings. The summed E-state index contributed by atoms with van der Waals surface area (Å²) in [6.45, 7) is 2.95.